The van der Waals surface area contributed by atoms with E-state index in [9.17, 15) is 26.5 Å². The molecule has 0 aromatic carbocycles. The minimum atomic E-state index is -5.78. The lowest BCUT2D eigenvalue weighted by atomic mass is 10.3. The molecule has 0 aromatic rings. The zero-order valence-electron chi connectivity index (χ0n) is 9.09. The number of phosphoric ester groups is 1. The molecule has 0 N–H and O–H groups in total. The van der Waals surface area contributed by atoms with Crippen molar-refractivity contribution < 1.29 is 40.1 Å². The number of rotatable bonds is 7. The first-order valence-electron chi connectivity index (χ1n) is 4.47. The van der Waals surface area contributed by atoms with E-state index in [4.69, 9.17) is 0 Å². The first-order chi connectivity index (χ1) is 7.58. The Morgan fingerprint density at radius 3 is 2.00 bits per heavy atom. The summed E-state index contributed by atoms with van der Waals surface area (Å²) < 4.78 is 84.0. The normalized spacial score (nSPS) is 16.9. The summed E-state index contributed by atoms with van der Waals surface area (Å²) in [4.78, 5) is 0. The Morgan fingerprint density at radius 1 is 1.12 bits per heavy atom. The fourth-order valence-corrected chi connectivity index (χ4v) is 1.60. The van der Waals surface area contributed by atoms with Crippen molar-refractivity contribution in [2.75, 3.05) is 20.3 Å². The second-order valence-electron chi connectivity index (χ2n) is 2.94. The zero-order valence-corrected chi connectivity index (χ0v) is 9.99. The third kappa shape index (κ3) is 5.29. The van der Waals surface area contributed by atoms with E-state index in [1.807, 2.05) is 0 Å². The molecule has 0 aromatic heterocycles. The summed E-state index contributed by atoms with van der Waals surface area (Å²) in [6, 6.07) is 0. The Bertz CT molecular complexity index is 280. The molecule has 0 radical (unpaired) electrons. The average Bonchev–Trinajstić information content (AvgIpc) is 2.22. The maximum atomic E-state index is 12.4. The molecular weight excluding hydrogens is 274 g/mol. The smallest absolute Gasteiger partial charge is 0.290 e. The fraction of sp³-hybridized carbons (Fsp3) is 1.00. The molecule has 104 valence electrons. The van der Waals surface area contributed by atoms with Crippen LogP contribution >= 0.6 is 7.82 Å². The molecule has 0 rings (SSSR count). The highest BCUT2D eigenvalue weighted by Gasteiger charge is 2.58. The maximum absolute atomic E-state index is 12.4. The zero-order chi connectivity index (χ0) is 13.7. The highest BCUT2D eigenvalue weighted by molar-refractivity contribution is 7.48. The van der Waals surface area contributed by atoms with Gasteiger partial charge in [0.2, 0.25) is 0 Å². The predicted octanol–water partition coefficient (Wildman–Crippen LogP) is 3.38. The van der Waals surface area contributed by atoms with Gasteiger partial charge in [0.15, 0.2) is 0 Å². The quantitative estimate of drug-likeness (QED) is 0.531. The van der Waals surface area contributed by atoms with Crippen LogP contribution in [0.5, 0.6) is 0 Å². The minimum absolute atomic E-state index is 0.150. The molecule has 1 unspecified atom stereocenters. The molecule has 0 aliphatic carbocycles. The topological polar surface area (TPSA) is 44.8 Å². The number of hydrogen-bond donors (Lipinski definition) is 0. The van der Waals surface area contributed by atoms with Crippen molar-refractivity contribution >= 4 is 7.82 Å². The Morgan fingerprint density at radius 2 is 1.65 bits per heavy atom. The molecule has 17 heavy (non-hydrogen) atoms. The van der Waals surface area contributed by atoms with E-state index in [0.29, 0.717) is 6.42 Å². The van der Waals surface area contributed by atoms with Crippen molar-refractivity contribution in [3.05, 3.63) is 0 Å². The molecule has 0 saturated heterocycles. The van der Waals surface area contributed by atoms with Gasteiger partial charge in [-0.3, -0.25) is 13.6 Å². The van der Waals surface area contributed by atoms with Gasteiger partial charge in [0, 0.05) is 7.11 Å². The van der Waals surface area contributed by atoms with E-state index in [0.717, 1.165) is 7.11 Å². The number of phosphoric acid groups is 1. The lowest BCUT2D eigenvalue weighted by Crippen LogP contribution is -2.40. The molecule has 0 aliphatic heterocycles. The van der Waals surface area contributed by atoms with Crippen LogP contribution < -0.4 is 0 Å². The molecule has 0 heterocycles. The van der Waals surface area contributed by atoms with Crippen molar-refractivity contribution in [3.8, 4) is 0 Å². The molecular formula is C7H12F5O4P. The van der Waals surface area contributed by atoms with Crippen molar-refractivity contribution in [2.24, 2.45) is 0 Å². The third-order valence-corrected chi connectivity index (χ3v) is 2.89. The Kier molecular flexibility index (Phi) is 6.00. The van der Waals surface area contributed by atoms with Crippen molar-refractivity contribution in [3.63, 3.8) is 0 Å². The number of hydrogen-bond acceptors (Lipinski definition) is 4. The lowest BCUT2D eigenvalue weighted by Gasteiger charge is -2.22. The standard InChI is InChI=1S/C7H12F5O4P/c1-3-4-15-17(13,14-2)16-5-6(8,9)7(10,11)12/h3-5H2,1-2H3. The van der Waals surface area contributed by atoms with Gasteiger partial charge in [0.25, 0.3) is 0 Å². The van der Waals surface area contributed by atoms with Gasteiger partial charge in [0.1, 0.15) is 6.61 Å². The van der Waals surface area contributed by atoms with Gasteiger partial charge in [-0.2, -0.15) is 22.0 Å². The van der Waals surface area contributed by atoms with E-state index >= 15 is 0 Å². The van der Waals surface area contributed by atoms with Crippen LogP contribution in [0.2, 0.25) is 0 Å². The van der Waals surface area contributed by atoms with Gasteiger partial charge in [-0.1, -0.05) is 6.92 Å². The van der Waals surface area contributed by atoms with Crippen molar-refractivity contribution in [2.45, 2.75) is 25.4 Å². The van der Waals surface area contributed by atoms with Crippen LogP contribution in [0.4, 0.5) is 22.0 Å². The largest absolute Gasteiger partial charge is 0.474 e. The van der Waals surface area contributed by atoms with Crippen LogP contribution in [-0.2, 0) is 18.1 Å². The molecule has 0 saturated carbocycles. The van der Waals surface area contributed by atoms with Gasteiger partial charge in [0.05, 0.1) is 6.61 Å². The van der Waals surface area contributed by atoms with Crippen molar-refractivity contribution in [1.29, 1.82) is 0 Å². The Hall–Kier alpha value is -0.240. The summed E-state index contributed by atoms with van der Waals surface area (Å²) in [7, 11) is -3.54. The van der Waals surface area contributed by atoms with Gasteiger partial charge in [-0.15, -0.1) is 0 Å². The van der Waals surface area contributed by atoms with Crippen LogP contribution in [0.25, 0.3) is 0 Å². The van der Waals surface area contributed by atoms with Crippen LogP contribution in [0.3, 0.4) is 0 Å². The van der Waals surface area contributed by atoms with E-state index < -0.39 is 26.5 Å². The number of halogens is 5. The highest BCUT2D eigenvalue weighted by atomic mass is 31.2. The first kappa shape index (κ1) is 16.8. The lowest BCUT2D eigenvalue weighted by molar-refractivity contribution is -0.291. The molecule has 10 heteroatoms. The molecule has 0 amide bonds. The molecule has 0 spiro atoms. The molecule has 0 fully saturated rings. The van der Waals surface area contributed by atoms with Gasteiger partial charge < -0.3 is 0 Å². The molecule has 0 bridgehead atoms. The Labute approximate surface area is 94.6 Å². The minimum Gasteiger partial charge on any atom is -0.290 e. The third-order valence-electron chi connectivity index (χ3n) is 1.50. The number of alkyl halides is 5. The summed E-state index contributed by atoms with van der Waals surface area (Å²) >= 11 is 0. The predicted molar refractivity (Wildman–Crippen MR) is 47.8 cm³/mol. The van der Waals surface area contributed by atoms with Crippen LogP contribution in [0.1, 0.15) is 13.3 Å². The van der Waals surface area contributed by atoms with E-state index in [-0.39, 0.29) is 6.61 Å². The summed E-state index contributed by atoms with van der Waals surface area (Å²) in [6.45, 7) is -0.654. The molecule has 0 aliphatic rings. The maximum Gasteiger partial charge on any atom is 0.474 e. The highest BCUT2D eigenvalue weighted by Crippen LogP contribution is 2.50. The summed E-state index contributed by atoms with van der Waals surface area (Å²) in [5.74, 6) is -5.11. The van der Waals surface area contributed by atoms with Gasteiger partial charge in [-0.05, 0) is 6.42 Å². The van der Waals surface area contributed by atoms with E-state index in [1.54, 1.807) is 6.92 Å². The van der Waals surface area contributed by atoms with E-state index in [1.165, 1.54) is 0 Å². The molecule has 4 nitrogen and oxygen atoms in total. The van der Waals surface area contributed by atoms with Gasteiger partial charge in [-0.25, -0.2) is 4.57 Å². The van der Waals surface area contributed by atoms with Crippen LogP contribution in [0, 0.1) is 0 Å². The van der Waals surface area contributed by atoms with E-state index in [2.05, 4.69) is 13.6 Å². The summed E-state index contributed by atoms with van der Waals surface area (Å²) in [5, 5.41) is 0. The van der Waals surface area contributed by atoms with Crippen LogP contribution in [-0.4, -0.2) is 32.4 Å². The average molecular weight is 286 g/mol. The Balaban J connectivity index is 4.47. The van der Waals surface area contributed by atoms with Gasteiger partial charge >= 0.3 is 19.9 Å². The SMILES string of the molecule is CCCOP(=O)(OC)OCC(F)(F)C(F)(F)F. The van der Waals surface area contributed by atoms with Crippen molar-refractivity contribution in [1.82, 2.24) is 0 Å². The first-order valence-corrected chi connectivity index (χ1v) is 5.93. The summed E-state index contributed by atoms with van der Waals surface area (Å²) in [6.07, 6.45) is -5.41. The van der Waals surface area contributed by atoms with Crippen LogP contribution in [0.15, 0.2) is 0 Å². The fourth-order valence-electron chi connectivity index (χ4n) is 0.588. The second-order valence-corrected chi connectivity index (χ2v) is 4.71. The summed E-state index contributed by atoms with van der Waals surface area (Å²) in [5.41, 5.74) is 0. The monoisotopic (exact) mass is 286 g/mol. The molecule has 1 atom stereocenters. The second kappa shape index (κ2) is 6.08.